The molecule has 2 heterocycles. The van der Waals surface area contributed by atoms with Crippen LogP contribution in [0.1, 0.15) is 5.69 Å². The Kier molecular flexibility index (Phi) is 4.17. The van der Waals surface area contributed by atoms with Gasteiger partial charge in [-0.1, -0.05) is 17.8 Å². The van der Waals surface area contributed by atoms with Gasteiger partial charge in [-0.15, -0.1) is 0 Å². The van der Waals surface area contributed by atoms with E-state index in [0.717, 1.165) is 0 Å². The molecule has 0 bridgehead atoms. The zero-order valence-electron chi connectivity index (χ0n) is 11.3. The molecule has 4 nitrogen and oxygen atoms in total. The fraction of sp³-hybridized carbons (Fsp3) is 0.0667. The van der Waals surface area contributed by atoms with Crippen molar-refractivity contribution in [2.75, 3.05) is 0 Å². The van der Waals surface area contributed by atoms with Gasteiger partial charge in [0.2, 0.25) is 5.95 Å². The standard InChI is InChI=1S/C15H11F2N3OS/c16-10-3-1-4-12(7-10)22-14-8-11(9-21)19-20(14)13-5-2-6-18-15(13)17/h1-8,21H,9H2. The van der Waals surface area contributed by atoms with Gasteiger partial charge < -0.3 is 5.11 Å². The van der Waals surface area contributed by atoms with Crippen molar-refractivity contribution in [3.8, 4) is 5.69 Å². The summed E-state index contributed by atoms with van der Waals surface area (Å²) in [5.41, 5.74) is 0.559. The van der Waals surface area contributed by atoms with Crippen molar-refractivity contribution < 1.29 is 13.9 Å². The first-order valence-corrected chi connectivity index (χ1v) is 7.23. The van der Waals surface area contributed by atoms with E-state index in [-0.39, 0.29) is 18.1 Å². The molecular weight excluding hydrogens is 308 g/mol. The molecule has 3 rings (SSSR count). The number of aromatic nitrogens is 3. The summed E-state index contributed by atoms with van der Waals surface area (Å²) in [6.45, 7) is -0.272. The summed E-state index contributed by atoms with van der Waals surface area (Å²) in [6.07, 6.45) is 1.34. The predicted octanol–water partition coefficient (Wildman–Crippen LogP) is 3.19. The van der Waals surface area contributed by atoms with Crippen LogP contribution in [0.4, 0.5) is 8.78 Å². The zero-order chi connectivity index (χ0) is 15.5. The van der Waals surface area contributed by atoms with E-state index >= 15 is 0 Å². The molecule has 1 aromatic carbocycles. The van der Waals surface area contributed by atoms with Crippen molar-refractivity contribution in [2.45, 2.75) is 16.5 Å². The van der Waals surface area contributed by atoms with Gasteiger partial charge in [0.15, 0.2) is 0 Å². The van der Waals surface area contributed by atoms with Crippen LogP contribution in [0, 0.1) is 11.8 Å². The van der Waals surface area contributed by atoms with E-state index < -0.39 is 5.95 Å². The molecule has 0 spiro atoms. The molecule has 0 radical (unpaired) electrons. The second-order valence-corrected chi connectivity index (χ2v) is 5.51. The minimum Gasteiger partial charge on any atom is -0.390 e. The number of hydrogen-bond donors (Lipinski definition) is 1. The normalized spacial score (nSPS) is 10.9. The van der Waals surface area contributed by atoms with Crippen LogP contribution in [0.15, 0.2) is 58.6 Å². The molecule has 2 aromatic heterocycles. The van der Waals surface area contributed by atoms with Gasteiger partial charge in [0, 0.05) is 11.1 Å². The van der Waals surface area contributed by atoms with Gasteiger partial charge in [0.25, 0.3) is 0 Å². The first kappa shape index (κ1) is 14.7. The van der Waals surface area contributed by atoms with E-state index in [9.17, 15) is 13.9 Å². The van der Waals surface area contributed by atoms with Crippen LogP contribution in [0.25, 0.3) is 5.69 Å². The first-order chi connectivity index (χ1) is 10.7. The smallest absolute Gasteiger partial charge is 0.238 e. The average Bonchev–Trinajstić information content (AvgIpc) is 2.90. The molecule has 7 heteroatoms. The number of halogens is 2. The van der Waals surface area contributed by atoms with Gasteiger partial charge in [-0.2, -0.15) is 9.49 Å². The molecule has 22 heavy (non-hydrogen) atoms. The van der Waals surface area contributed by atoms with Gasteiger partial charge in [0.1, 0.15) is 16.5 Å². The molecule has 0 saturated carbocycles. The lowest BCUT2D eigenvalue weighted by Gasteiger charge is -2.07. The Hall–Kier alpha value is -2.25. The molecule has 0 fully saturated rings. The number of aliphatic hydroxyl groups excluding tert-OH is 1. The van der Waals surface area contributed by atoms with E-state index in [1.807, 2.05) is 0 Å². The third-order valence-electron chi connectivity index (χ3n) is 2.88. The molecule has 0 aliphatic heterocycles. The molecule has 0 atom stereocenters. The van der Waals surface area contributed by atoms with Crippen LogP contribution in [0.2, 0.25) is 0 Å². The summed E-state index contributed by atoms with van der Waals surface area (Å²) in [5, 5.41) is 14.0. The maximum Gasteiger partial charge on any atom is 0.238 e. The fourth-order valence-corrected chi connectivity index (χ4v) is 2.90. The Morgan fingerprint density at radius 3 is 2.73 bits per heavy atom. The largest absolute Gasteiger partial charge is 0.390 e. The Bertz CT molecular complexity index is 807. The van der Waals surface area contributed by atoms with Crippen LogP contribution in [-0.4, -0.2) is 19.9 Å². The number of hydrogen-bond acceptors (Lipinski definition) is 4. The zero-order valence-corrected chi connectivity index (χ0v) is 12.1. The molecular formula is C15H11F2N3OS. The number of aliphatic hydroxyl groups is 1. The maximum atomic E-state index is 13.9. The molecule has 0 aliphatic carbocycles. The maximum absolute atomic E-state index is 13.9. The van der Waals surface area contributed by atoms with Gasteiger partial charge >= 0.3 is 0 Å². The monoisotopic (exact) mass is 319 g/mol. The molecule has 112 valence electrons. The van der Waals surface area contributed by atoms with Crippen molar-refractivity contribution in [1.29, 1.82) is 0 Å². The lowest BCUT2D eigenvalue weighted by Crippen LogP contribution is -2.03. The van der Waals surface area contributed by atoms with E-state index in [2.05, 4.69) is 10.1 Å². The van der Waals surface area contributed by atoms with Gasteiger partial charge in [-0.3, -0.25) is 0 Å². The number of benzene rings is 1. The lowest BCUT2D eigenvalue weighted by atomic mass is 10.4. The summed E-state index contributed by atoms with van der Waals surface area (Å²) in [5.74, 6) is -1.03. The SMILES string of the molecule is OCc1cc(Sc2cccc(F)c2)n(-c2cccnc2F)n1. The number of nitrogens with zero attached hydrogens (tertiary/aromatic N) is 3. The molecule has 1 N–H and O–H groups in total. The summed E-state index contributed by atoms with van der Waals surface area (Å²) in [4.78, 5) is 4.24. The second kappa shape index (κ2) is 6.25. The summed E-state index contributed by atoms with van der Waals surface area (Å²) >= 11 is 1.22. The van der Waals surface area contributed by atoms with Crippen LogP contribution in [-0.2, 0) is 6.61 Å². The van der Waals surface area contributed by atoms with Crippen LogP contribution in [0.3, 0.4) is 0 Å². The Morgan fingerprint density at radius 2 is 2.00 bits per heavy atom. The van der Waals surface area contributed by atoms with Crippen molar-refractivity contribution >= 4 is 11.8 Å². The Morgan fingerprint density at radius 1 is 1.14 bits per heavy atom. The highest BCUT2D eigenvalue weighted by atomic mass is 32.2. The highest BCUT2D eigenvalue weighted by Crippen LogP contribution is 2.31. The molecule has 0 unspecified atom stereocenters. The Labute approximate surface area is 129 Å². The summed E-state index contributed by atoms with van der Waals surface area (Å²) in [7, 11) is 0. The molecule has 3 aromatic rings. The van der Waals surface area contributed by atoms with E-state index in [1.54, 1.807) is 24.3 Å². The van der Waals surface area contributed by atoms with Gasteiger partial charge in [-0.25, -0.2) is 14.1 Å². The van der Waals surface area contributed by atoms with Crippen LogP contribution < -0.4 is 0 Å². The number of rotatable bonds is 4. The minimum atomic E-state index is -0.670. The Balaban J connectivity index is 2.04. The highest BCUT2D eigenvalue weighted by molar-refractivity contribution is 7.99. The predicted molar refractivity (Wildman–Crippen MR) is 77.8 cm³/mol. The molecule has 0 aliphatic rings. The fourth-order valence-electron chi connectivity index (χ4n) is 1.92. The first-order valence-electron chi connectivity index (χ1n) is 6.41. The highest BCUT2D eigenvalue weighted by Gasteiger charge is 2.14. The van der Waals surface area contributed by atoms with E-state index in [1.165, 1.54) is 40.8 Å². The lowest BCUT2D eigenvalue weighted by molar-refractivity contribution is 0.276. The van der Waals surface area contributed by atoms with Crippen LogP contribution in [0.5, 0.6) is 0 Å². The topological polar surface area (TPSA) is 50.9 Å². The quantitative estimate of drug-likeness (QED) is 0.750. The third-order valence-corrected chi connectivity index (χ3v) is 3.86. The van der Waals surface area contributed by atoms with E-state index in [4.69, 9.17) is 0 Å². The summed E-state index contributed by atoms with van der Waals surface area (Å²) < 4.78 is 28.5. The van der Waals surface area contributed by atoms with Crippen molar-refractivity contribution in [2.24, 2.45) is 0 Å². The van der Waals surface area contributed by atoms with Crippen LogP contribution >= 0.6 is 11.8 Å². The number of pyridine rings is 1. The second-order valence-electron chi connectivity index (χ2n) is 4.42. The van der Waals surface area contributed by atoms with Gasteiger partial charge in [0.05, 0.1) is 12.3 Å². The average molecular weight is 319 g/mol. The van der Waals surface area contributed by atoms with Gasteiger partial charge in [-0.05, 0) is 36.4 Å². The third kappa shape index (κ3) is 3.00. The molecule has 0 saturated heterocycles. The van der Waals surface area contributed by atoms with Crippen molar-refractivity contribution in [3.63, 3.8) is 0 Å². The summed E-state index contributed by atoms with van der Waals surface area (Å²) in [6, 6.07) is 10.8. The molecule has 0 amide bonds. The van der Waals surface area contributed by atoms with Crippen molar-refractivity contribution in [3.05, 3.63) is 66.1 Å². The minimum absolute atomic E-state index is 0.168. The van der Waals surface area contributed by atoms with Crippen molar-refractivity contribution in [1.82, 2.24) is 14.8 Å². The van der Waals surface area contributed by atoms with E-state index in [0.29, 0.717) is 15.6 Å².